The molecule has 14 heavy (non-hydrogen) atoms. The Morgan fingerprint density at radius 1 is 1.43 bits per heavy atom. The minimum absolute atomic E-state index is 0.129. The van der Waals surface area contributed by atoms with Gasteiger partial charge in [0.25, 0.3) is 0 Å². The van der Waals surface area contributed by atoms with Gasteiger partial charge >= 0.3 is 5.97 Å². The maximum absolute atomic E-state index is 10.5. The van der Waals surface area contributed by atoms with Crippen LogP contribution in [0.5, 0.6) is 0 Å². The molecule has 0 spiro atoms. The van der Waals surface area contributed by atoms with Crippen LogP contribution in [0.3, 0.4) is 0 Å². The highest BCUT2D eigenvalue weighted by atomic mass is 16.6. The molecule has 0 bridgehead atoms. The Balaban J connectivity index is 2.94. The zero-order valence-corrected chi connectivity index (χ0v) is 7.51. The van der Waals surface area contributed by atoms with E-state index in [9.17, 15) is 14.9 Å². The molecule has 1 rings (SSSR count). The normalized spacial score (nSPS) is 12.1. The number of nitrogens with zero attached hydrogens (tertiary/aromatic N) is 1. The number of aromatic carboxylic acids is 1. The van der Waals surface area contributed by atoms with E-state index >= 15 is 0 Å². The highest BCUT2D eigenvalue weighted by Gasteiger charge is 2.15. The summed E-state index contributed by atoms with van der Waals surface area (Å²) in [6.07, 6.45) is 0. The number of hydrogen-bond acceptors (Lipinski definition) is 3. The fraction of sp³-hybridized carbons (Fsp3) is 0.222. The van der Waals surface area contributed by atoms with E-state index in [0.29, 0.717) is 5.56 Å². The molecule has 1 unspecified atom stereocenters. The largest absolute Gasteiger partial charge is 0.478 e. The van der Waals surface area contributed by atoms with Crippen LogP contribution in [-0.4, -0.2) is 16.0 Å². The third-order valence-electron chi connectivity index (χ3n) is 1.96. The highest BCUT2D eigenvalue weighted by molar-refractivity contribution is 5.87. The molecule has 0 amide bonds. The van der Waals surface area contributed by atoms with E-state index < -0.39 is 16.9 Å². The van der Waals surface area contributed by atoms with Gasteiger partial charge in [0.05, 0.1) is 5.56 Å². The molecule has 5 nitrogen and oxygen atoms in total. The highest BCUT2D eigenvalue weighted by Crippen LogP contribution is 2.15. The topological polar surface area (TPSA) is 80.4 Å². The summed E-state index contributed by atoms with van der Waals surface area (Å²) in [5, 5.41) is 19.0. The van der Waals surface area contributed by atoms with Gasteiger partial charge in [-0.25, -0.2) is 4.79 Å². The zero-order valence-electron chi connectivity index (χ0n) is 7.51. The van der Waals surface area contributed by atoms with E-state index in [4.69, 9.17) is 5.11 Å². The van der Waals surface area contributed by atoms with Crippen LogP contribution in [0.4, 0.5) is 0 Å². The van der Waals surface area contributed by atoms with Crippen molar-refractivity contribution < 1.29 is 14.8 Å². The molecule has 0 saturated carbocycles. The Hall–Kier alpha value is -1.91. The lowest BCUT2D eigenvalue weighted by Gasteiger charge is -2.03. The molecule has 1 aromatic rings. The van der Waals surface area contributed by atoms with Crippen molar-refractivity contribution in [2.45, 2.75) is 13.0 Å². The number of nitro groups is 1. The van der Waals surface area contributed by atoms with Gasteiger partial charge in [0.1, 0.15) is 0 Å². The first-order chi connectivity index (χ1) is 6.52. The third-order valence-corrected chi connectivity index (χ3v) is 1.96. The third kappa shape index (κ3) is 2.07. The first-order valence-corrected chi connectivity index (χ1v) is 3.99. The predicted molar refractivity (Wildman–Crippen MR) is 48.8 cm³/mol. The Labute approximate surface area is 80.1 Å². The summed E-state index contributed by atoms with van der Waals surface area (Å²) in [5.41, 5.74) is 0.629. The van der Waals surface area contributed by atoms with Gasteiger partial charge in [-0.15, -0.1) is 0 Å². The SMILES string of the molecule is CC(c1ccc(C(=O)O)cc1)[N+](=O)[O-]. The van der Waals surface area contributed by atoms with Crippen LogP contribution < -0.4 is 0 Å². The van der Waals surface area contributed by atoms with Crippen molar-refractivity contribution in [1.82, 2.24) is 0 Å². The van der Waals surface area contributed by atoms with Crippen LogP contribution in [-0.2, 0) is 0 Å². The van der Waals surface area contributed by atoms with Crippen molar-refractivity contribution in [3.05, 3.63) is 45.5 Å². The van der Waals surface area contributed by atoms with Gasteiger partial charge in [0.2, 0.25) is 6.04 Å². The average Bonchev–Trinajstić information content (AvgIpc) is 2.16. The van der Waals surface area contributed by atoms with Gasteiger partial charge in [0, 0.05) is 17.4 Å². The minimum Gasteiger partial charge on any atom is -0.478 e. The number of carboxylic acid groups (broad SMARTS) is 1. The molecule has 0 aliphatic heterocycles. The summed E-state index contributed by atoms with van der Waals surface area (Å²) in [6, 6.07) is 4.82. The van der Waals surface area contributed by atoms with Crippen molar-refractivity contribution in [3.8, 4) is 0 Å². The summed E-state index contributed by atoms with van der Waals surface area (Å²) >= 11 is 0. The Morgan fingerprint density at radius 3 is 2.29 bits per heavy atom. The number of carboxylic acids is 1. The lowest BCUT2D eigenvalue weighted by atomic mass is 10.1. The second-order valence-electron chi connectivity index (χ2n) is 2.89. The fourth-order valence-corrected chi connectivity index (χ4v) is 1.03. The molecule has 0 aromatic heterocycles. The van der Waals surface area contributed by atoms with Crippen LogP contribution in [0.2, 0.25) is 0 Å². The molecule has 0 aliphatic carbocycles. The number of rotatable bonds is 3. The first kappa shape index (κ1) is 10.2. The maximum Gasteiger partial charge on any atom is 0.335 e. The van der Waals surface area contributed by atoms with Crippen molar-refractivity contribution >= 4 is 5.97 Å². The number of carbonyl (C=O) groups is 1. The average molecular weight is 195 g/mol. The molecule has 74 valence electrons. The van der Waals surface area contributed by atoms with E-state index in [1.807, 2.05) is 0 Å². The van der Waals surface area contributed by atoms with Crippen molar-refractivity contribution in [3.63, 3.8) is 0 Å². The van der Waals surface area contributed by atoms with E-state index in [1.54, 1.807) is 0 Å². The van der Waals surface area contributed by atoms with Gasteiger partial charge in [-0.3, -0.25) is 10.1 Å². The Kier molecular flexibility index (Phi) is 2.81. The molecular formula is C9H9NO4. The van der Waals surface area contributed by atoms with Gasteiger partial charge < -0.3 is 5.11 Å². The molecule has 1 atom stereocenters. The van der Waals surface area contributed by atoms with Gasteiger partial charge in [0.15, 0.2) is 0 Å². The molecule has 0 fully saturated rings. The maximum atomic E-state index is 10.5. The van der Waals surface area contributed by atoms with Gasteiger partial charge in [-0.2, -0.15) is 0 Å². The summed E-state index contributed by atoms with van der Waals surface area (Å²) in [5.74, 6) is -1.04. The number of benzene rings is 1. The van der Waals surface area contributed by atoms with E-state index in [0.717, 1.165) is 0 Å². The van der Waals surface area contributed by atoms with E-state index in [1.165, 1.54) is 31.2 Å². The quantitative estimate of drug-likeness (QED) is 0.588. The molecule has 5 heteroatoms. The second-order valence-corrected chi connectivity index (χ2v) is 2.89. The van der Waals surface area contributed by atoms with Crippen molar-refractivity contribution in [1.29, 1.82) is 0 Å². The van der Waals surface area contributed by atoms with Crippen LogP contribution in [0, 0.1) is 10.1 Å². The van der Waals surface area contributed by atoms with Crippen molar-refractivity contribution in [2.24, 2.45) is 0 Å². The zero-order chi connectivity index (χ0) is 10.7. The molecular weight excluding hydrogens is 186 g/mol. The lowest BCUT2D eigenvalue weighted by Crippen LogP contribution is -2.06. The second kappa shape index (κ2) is 3.87. The first-order valence-electron chi connectivity index (χ1n) is 3.99. The monoisotopic (exact) mass is 195 g/mol. The van der Waals surface area contributed by atoms with E-state index in [-0.39, 0.29) is 5.56 Å². The lowest BCUT2D eigenvalue weighted by molar-refractivity contribution is -0.524. The van der Waals surface area contributed by atoms with Gasteiger partial charge in [-0.1, -0.05) is 12.1 Å². The molecule has 0 radical (unpaired) electrons. The molecule has 0 aliphatic rings. The van der Waals surface area contributed by atoms with Crippen molar-refractivity contribution in [2.75, 3.05) is 0 Å². The standard InChI is InChI=1S/C9H9NO4/c1-6(10(13)14)7-2-4-8(5-3-7)9(11)12/h2-6H,1H3,(H,11,12). The van der Waals surface area contributed by atoms with Crippen LogP contribution in [0.15, 0.2) is 24.3 Å². The summed E-state index contributed by atoms with van der Waals surface area (Å²) in [7, 11) is 0. The molecule has 1 N–H and O–H groups in total. The molecule has 0 saturated heterocycles. The van der Waals surface area contributed by atoms with Crippen LogP contribution in [0.25, 0.3) is 0 Å². The summed E-state index contributed by atoms with van der Waals surface area (Å²) in [4.78, 5) is 20.5. The summed E-state index contributed by atoms with van der Waals surface area (Å²) in [6.45, 7) is 1.45. The minimum atomic E-state index is -1.04. The molecule has 1 aromatic carbocycles. The van der Waals surface area contributed by atoms with Crippen LogP contribution >= 0.6 is 0 Å². The smallest absolute Gasteiger partial charge is 0.335 e. The summed E-state index contributed by atoms with van der Waals surface area (Å²) < 4.78 is 0. The van der Waals surface area contributed by atoms with Crippen LogP contribution in [0.1, 0.15) is 28.9 Å². The Morgan fingerprint density at radius 2 is 1.93 bits per heavy atom. The number of hydrogen-bond donors (Lipinski definition) is 1. The fourth-order valence-electron chi connectivity index (χ4n) is 1.03. The molecule has 0 heterocycles. The Bertz CT molecular complexity index is 358. The van der Waals surface area contributed by atoms with E-state index in [2.05, 4.69) is 0 Å². The predicted octanol–water partition coefficient (Wildman–Crippen LogP) is 1.72. The van der Waals surface area contributed by atoms with Gasteiger partial charge in [-0.05, 0) is 12.1 Å².